The van der Waals surface area contributed by atoms with Crippen LogP contribution in [0.2, 0.25) is 0 Å². The van der Waals surface area contributed by atoms with E-state index in [2.05, 4.69) is 0 Å². The Bertz CT molecular complexity index is 603. The average Bonchev–Trinajstić information content (AvgIpc) is 2.42. The number of benzene rings is 1. The lowest BCUT2D eigenvalue weighted by atomic mass is 10.2. The lowest BCUT2D eigenvalue weighted by Gasteiger charge is -2.17. The molecule has 8 heteroatoms. The van der Waals surface area contributed by atoms with E-state index in [9.17, 15) is 17.6 Å². The summed E-state index contributed by atoms with van der Waals surface area (Å²) in [7, 11) is -2.66. The molecule has 1 aromatic carbocycles. The van der Waals surface area contributed by atoms with Gasteiger partial charge in [0.05, 0.1) is 5.56 Å². The van der Waals surface area contributed by atoms with E-state index in [0.29, 0.717) is 25.3 Å². The van der Waals surface area contributed by atoms with Crippen LogP contribution in [-0.2, 0) is 10.0 Å². The zero-order valence-electron chi connectivity index (χ0n) is 11.6. The van der Waals surface area contributed by atoms with Crippen molar-refractivity contribution in [2.24, 2.45) is 0 Å². The van der Waals surface area contributed by atoms with E-state index in [-0.39, 0.29) is 18.7 Å². The molecule has 0 bridgehead atoms. The van der Waals surface area contributed by atoms with Crippen molar-refractivity contribution in [3.8, 4) is 0 Å². The Balaban J connectivity index is 2.89. The molecule has 0 aliphatic carbocycles. The fraction of sp³-hybridized carbons (Fsp3) is 0.462. The largest absolute Gasteiger partial charge is 0.478 e. The molecule has 0 unspecified atom stereocenters. The van der Waals surface area contributed by atoms with Gasteiger partial charge in [0.15, 0.2) is 0 Å². The normalized spacial score (nSPS) is 11.8. The van der Waals surface area contributed by atoms with Crippen molar-refractivity contribution in [3.05, 3.63) is 29.6 Å². The minimum absolute atomic E-state index is 0.0434. The third kappa shape index (κ3) is 4.48. The number of hydrogen-bond acceptors (Lipinski definition) is 4. The van der Waals surface area contributed by atoms with Gasteiger partial charge in [-0.2, -0.15) is 0 Å². The monoisotopic (exact) mass is 319 g/mol. The maximum atomic E-state index is 13.8. The number of nitrogens with zero attached hydrogens (tertiary/aromatic N) is 1. The summed E-state index contributed by atoms with van der Waals surface area (Å²) in [6.45, 7) is 0.240. The highest BCUT2D eigenvalue weighted by Crippen LogP contribution is 2.20. The van der Waals surface area contributed by atoms with E-state index < -0.39 is 26.7 Å². The van der Waals surface area contributed by atoms with Crippen molar-refractivity contribution in [1.82, 2.24) is 4.31 Å². The third-order valence-electron chi connectivity index (χ3n) is 3.00. The molecule has 0 aliphatic rings. The molecular weight excluding hydrogens is 301 g/mol. The summed E-state index contributed by atoms with van der Waals surface area (Å²) in [4.78, 5) is 10.2. The van der Waals surface area contributed by atoms with Crippen molar-refractivity contribution in [3.63, 3.8) is 0 Å². The number of rotatable bonds is 8. The molecule has 2 N–H and O–H groups in total. The summed E-state index contributed by atoms with van der Waals surface area (Å²) in [5, 5.41) is 17.4. The number of aliphatic hydroxyl groups excluding tert-OH is 1. The van der Waals surface area contributed by atoms with Crippen molar-refractivity contribution in [2.75, 3.05) is 20.2 Å². The maximum absolute atomic E-state index is 13.8. The summed E-state index contributed by atoms with van der Waals surface area (Å²) in [5.41, 5.74) is -0.308. The molecule has 0 radical (unpaired) electrons. The summed E-state index contributed by atoms with van der Waals surface area (Å²) >= 11 is 0. The first kappa shape index (κ1) is 17.5. The molecule has 0 heterocycles. The van der Waals surface area contributed by atoms with Gasteiger partial charge < -0.3 is 10.2 Å². The summed E-state index contributed by atoms with van der Waals surface area (Å²) in [6, 6.07) is 2.70. The number of aliphatic hydroxyl groups is 1. The van der Waals surface area contributed by atoms with Gasteiger partial charge >= 0.3 is 5.97 Å². The topological polar surface area (TPSA) is 94.9 Å². The third-order valence-corrected chi connectivity index (χ3v) is 4.89. The first-order valence-electron chi connectivity index (χ1n) is 6.40. The highest BCUT2D eigenvalue weighted by Gasteiger charge is 2.24. The second kappa shape index (κ2) is 7.48. The van der Waals surface area contributed by atoms with Crippen LogP contribution in [0.25, 0.3) is 0 Å². The van der Waals surface area contributed by atoms with Gasteiger partial charge in [-0.25, -0.2) is 21.9 Å². The van der Waals surface area contributed by atoms with Gasteiger partial charge in [-0.05, 0) is 37.5 Å². The zero-order chi connectivity index (χ0) is 16.0. The Labute approximate surface area is 122 Å². The maximum Gasteiger partial charge on any atom is 0.335 e. The lowest BCUT2D eigenvalue weighted by Crippen LogP contribution is -2.28. The van der Waals surface area contributed by atoms with Gasteiger partial charge in [-0.15, -0.1) is 0 Å². The Kier molecular flexibility index (Phi) is 6.25. The van der Waals surface area contributed by atoms with E-state index in [1.54, 1.807) is 0 Å². The van der Waals surface area contributed by atoms with Crippen molar-refractivity contribution >= 4 is 16.0 Å². The molecule has 118 valence electrons. The lowest BCUT2D eigenvalue weighted by molar-refractivity contribution is 0.0696. The molecule has 1 aromatic rings. The number of carbonyl (C=O) groups is 1. The van der Waals surface area contributed by atoms with Crippen LogP contribution in [0.5, 0.6) is 0 Å². The van der Waals surface area contributed by atoms with Crippen LogP contribution in [0.3, 0.4) is 0 Å². The van der Waals surface area contributed by atoms with Crippen molar-refractivity contribution in [1.29, 1.82) is 0 Å². The Morgan fingerprint density at radius 1 is 1.29 bits per heavy atom. The molecule has 0 fully saturated rings. The smallest absolute Gasteiger partial charge is 0.335 e. The minimum Gasteiger partial charge on any atom is -0.478 e. The molecular formula is C13H18FNO5S. The highest BCUT2D eigenvalue weighted by molar-refractivity contribution is 7.89. The Morgan fingerprint density at radius 2 is 1.95 bits per heavy atom. The predicted octanol–water partition coefficient (Wildman–Crippen LogP) is 1.31. The average molecular weight is 319 g/mol. The molecule has 6 nitrogen and oxygen atoms in total. The zero-order valence-corrected chi connectivity index (χ0v) is 12.4. The van der Waals surface area contributed by atoms with Crippen LogP contribution < -0.4 is 0 Å². The molecule has 0 aromatic heterocycles. The number of hydrogen-bond donors (Lipinski definition) is 2. The Morgan fingerprint density at radius 3 is 2.48 bits per heavy atom. The Hall–Kier alpha value is -1.51. The summed E-state index contributed by atoms with van der Waals surface area (Å²) in [5.74, 6) is -2.41. The van der Waals surface area contributed by atoms with Crippen LogP contribution in [0.4, 0.5) is 4.39 Å². The number of sulfonamides is 1. The van der Waals surface area contributed by atoms with Crippen molar-refractivity contribution < 1.29 is 27.8 Å². The standard InChI is InChI=1S/C13H18FNO5S/c1-15(7-3-2-4-8-16)21(19,20)12-6-5-10(13(17)18)9-11(12)14/h5-6,9,16H,2-4,7-8H2,1H3,(H,17,18). The second-order valence-corrected chi connectivity index (χ2v) is 6.57. The van der Waals surface area contributed by atoms with Gasteiger partial charge in [0, 0.05) is 20.2 Å². The molecule has 0 saturated carbocycles. The predicted molar refractivity (Wildman–Crippen MR) is 74.1 cm³/mol. The molecule has 0 aliphatic heterocycles. The summed E-state index contributed by atoms with van der Waals surface area (Å²) in [6.07, 6.45) is 1.79. The van der Waals surface area contributed by atoms with Crippen LogP contribution in [-0.4, -0.2) is 49.1 Å². The van der Waals surface area contributed by atoms with Crippen LogP contribution in [0.15, 0.2) is 23.1 Å². The molecule has 0 atom stereocenters. The van der Waals surface area contributed by atoms with Crippen LogP contribution in [0, 0.1) is 5.82 Å². The number of carboxylic acids is 1. The van der Waals surface area contributed by atoms with Gasteiger partial charge in [0.25, 0.3) is 0 Å². The van der Waals surface area contributed by atoms with E-state index >= 15 is 0 Å². The fourth-order valence-electron chi connectivity index (χ4n) is 1.75. The first-order valence-corrected chi connectivity index (χ1v) is 7.84. The second-order valence-electron chi connectivity index (χ2n) is 4.56. The van der Waals surface area contributed by atoms with E-state index in [4.69, 9.17) is 10.2 Å². The number of carboxylic acid groups (broad SMARTS) is 1. The molecule has 0 spiro atoms. The van der Waals surface area contributed by atoms with Crippen LogP contribution in [0.1, 0.15) is 29.6 Å². The minimum atomic E-state index is -4.00. The number of unbranched alkanes of at least 4 members (excludes halogenated alkanes) is 2. The first-order chi connectivity index (χ1) is 9.80. The van der Waals surface area contributed by atoms with E-state index in [1.807, 2.05) is 0 Å². The van der Waals surface area contributed by atoms with E-state index in [0.717, 1.165) is 16.4 Å². The van der Waals surface area contributed by atoms with Gasteiger partial charge in [-0.1, -0.05) is 0 Å². The van der Waals surface area contributed by atoms with Gasteiger partial charge in [0.1, 0.15) is 10.7 Å². The molecule has 0 amide bonds. The molecule has 0 saturated heterocycles. The van der Waals surface area contributed by atoms with Crippen molar-refractivity contribution in [2.45, 2.75) is 24.2 Å². The quantitative estimate of drug-likeness (QED) is 0.704. The summed E-state index contributed by atoms with van der Waals surface area (Å²) < 4.78 is 39.2. The van der Waals surface area contributed by atoms with Crippen LogP contribution >= 0.6 is 0 Å². The van der Waals surface area contributed by atoms with Gasteiger partial charge in [0.2, 0.25) is 10.0 Å². The van der Waals surface area contributed by atoms with E-state index in [1.165, 1.54) is 7.05 Å². The molecule has 21 heavy (non-hydrogen) atoms. The SMILES string of the molecule is CN(CCCCCO)S(=O)(=O)c1ccc(C(=O)O)cc1F. The highest BCUT2D eigenvalue weighted by atomic mass is 32.2. The van der Waals surface area contributed by atoms with Gasteiger partial charge in [-0.3, -0.25) is 0 Å². The fourth-order valence-corrected chi connectivity index (χ4v) is 3.00. The molecule has 1 rings (SSSR count). The number of aromatic carboxylic acids is 1. The number of halogens is 1.